The first-order valence-corrected chi connectivity index (χ1v) is 12.7. The van der Waals surface area contributed by atoms with Crippen molar-refractivity contribution in [3.8, 4) is 11.5 Å². The van der Waals surface area contributed by atoms with E-state index in [1.165, 1.54) is 17.8 Å². The Morgan fingerprint density at radius 2 is 2.11 bits per heavy atom. The third-order valence-electron chi connectivity index (χ3n) is 6.17. The smallest absolute Gasteiger partial charge is 0.338 e. The monoisotopic (exact) mass is 513 g/mol. The van der Waals surface area contributed by atoms with Gasteiger partial charge < -0.3 is 29.2 Å². The number of methoxy groups -OCH3 is 2. The first-order chi connectivity index (χ1) is 17.5. The molecule has 1 N–H and O–H groups in total. The van der Waals surface area contributed by atoms with Gasteiger partial charge in [0.05, 0.1) is 44.1 Å². The second kappa shape index (κ2) is 11.7. The molecular formula is C26H31N3O6S. The van der Waals surface area contributed by atoms with Gasteiger partial charge in [0.15, 0.2) is 16.7 Å². The highest BCUT2D eigenvalue weighted by Crippen LogP contribution is 2.46. The molecule has 0 radical (unpaired) electrons. The normalized spacial score (nSPS) is 20.9. The van der Waals surface area contributed by atoms with Crippen molar-refractivity contribution in [2.75, 3.05) is 34.0 Å². The number of fused-ring (bicyclic) bond motifs is 1. The number of carbonyl (C=O) groups excluding carboxylic acids is 2. The molecule has 192 valence electrons. The molecule has 36 heavy (non-hydrogen) atoms. The number of nitrogens with one attached hydrogen (secondary N) is 1. The van der Waals surface area contributed by atoms with Crippen molar-refractivity contribution in [1.29, 1.82) is 0 Å². The Labute approximate surface area is 215 Å². The van der Waals surface area contributed by atoms with E-state index in [4.69, 9.17) is 18.9 Å². The highest BCUT2D eigenvalue weighted by atomic mass is 32.2. The number of amides is 1. The lowest BCUT2D eigenvalue weighted by molar-refractivity contribution is -0.138. The second-order valence-corrected chi connectivity index (χ2v) is 9.35. The maximum Gasteiger partial charge on any atom is 0.338 e. The number of hydrogen-bond donors (Lipinski definition) is 1. The summed E-state index contributed by atoms with van der Waals surface area (Å²) < 4.78 is 22.0. The average Bonchev–Trinajstić information content (AvgIpc) is 3.55. The van der Waals surface area contributed by atoms with Gasteiger partial charge in [-0.2, -0.15) is 0 Å². The van der Waals surface area contributed by atoms with Gasteiger partial charge in [-0.05, 0) is 42.9 Å². The van der Waals surface area contributed by atoms with E-state index < -0.39 is 12.0 Å². The van der Waals surface area contributed by atoms with Crippen LogP contribution in [0.25, 0.3) is 0 Å². The van der Waals surface area contributed by atoms with Crippen LogP contribution >= 0.6 is 11.8 Å². The predicted molar refractivity (Wildman–Crippen MR) is 138 cm³/mol. The highest BCUT2D eigenvalue weighted by Gasteiger charge is 2.41. The molecule has 1 fully saturated rings. The number of hydrogen-bond acceptors (Lipinski definition) is 9. The third-order valence-corrected chi connectivity index (χ3v) is 7.06. The summed E-state index contributed by atoms with van der Waals surface area (Å²) >= 11 is 1.42. The van der Waals surface area contributed by atoms with E-state index in [1.807, 2.05) is 22.4 Å². The first kappa shape index (κ1) is 25.8. The van der Waals surface area contributed by atoms with E-state index in [0.29, 0.717) is 34.5 Å². The zero-order valence-corrected chi connectivity index (χ0v) is 21.6. The number of rotatable bonds is 10. The third kappa shape index (κ3) is 5.44. The van der Waals surface area contributed by atoms with Crippen LogP contribution in [0, 0.1) is 0 Å². The first-order valence-electron chi connectivity index (χ1n) is 11.8. The van der Waals surface area contributed by atoms with E-state index in [-0.39, 0.29) is 25.0 Å². The zero-order chi connectivity index (χ0) is 25.7. The van der Waals surface area contributed by atoms with Crippen molar-refractivity contribution < 1.29 is 28.5 Å². The Bertz CT molecular complexity index is 1120. The van der Waals surface area contributed by atoms with Gasteiger partial charge in [-0.25, -0.2) is 9.79 Å². The number of thioether (sulfide) groups is 1. The van der Waals surface area contributed by atoms with Crippen LogP contribution in [0.2, 0.25) is 0 Å². The number of benzene rings is 1. The summed E-state index contributed by atoms with van der Waals surface area (Å²) in [6.45, 7) is 6.72. The largest absolute Gasteiger partial charge is 0.493 e. The SMILES string of the molecule is C=CCOC(=O)C1=C(C)N=C2SC=C(CC(=O)NCC3CCCO3)N2C1c1ccc(OC)c(OC)c1. The second-order valence-electron chi connectivity index (χ2n) is 8.51. The fraction of sp³-hybridized carbons (Fsp3) is 0.423. The Morgan fingerprint density at radius 3 is 2.81 bits per heavy atom. The van der Waals surface area contributed by atoms with Gasteiger partial charge in [-0.3, -0.25) is 4.79 Å². The van der Waals surface area contributed by atoms with Crippen molar-refractivity contribution in [2.24, 2.45) is 4.99 Å². The molecule has 2 unspecified atom stereocenters. The van der Waals surface area contributed by atoms with E-state index >= 15 is 0 Å². The fourth-order valence-corrected chi connectivity index (χ4v) is 5.41. The summed E-state index contributed by atoms with van der Waals surface area (Å²) in [4.78, 5) is 32.6. The average molecular weight is 514 g/mol. The molecule has 1 amide bonds. The van der Waals surface area contributed by atoms with Crippen LogP contribution < -0.4 is 14.8 Å². The molecule has 0 aromatic heterocycles. The molecule has 9 nitrogen and oxygen atoms in total. The number of allylic oxidation sites excluding steroid dienone is 1. The molecule has 1 aromatic carbocycles. The van der Waals surface area contributed by atoms with Gasteiger partial charge in [0.1, 0.15) is 6.61 Å². The Morgan fingerprint density at radius 1 is 1.31 bits per heavy atom. The Kier molecular flexibility index (Phi) is 8.37. The van der Waals surface area contributed by atoms with Crippen LogP contribution in [-0.4, -0.2) is 62.0 Å². The number of nitrogens with zero attached hydrogens (tertiary/aromatic N) is 2. The molecule has 3 aliphatic heterocycles. The van der Waals surface area contributed by atoms with E-state index in [0.717, 1.165) is 30.7 Å². The molecule has 10 heteroatoms. The van der Waals surface area contributed by atoms with Crippen molar-refractivity contribution in [1.82, 2.24) is 10.2 Å². The fourth-order valence-electron chi connectivity index (χ4n) is 4.44. The number of ether oxygens (including phenoxy) is 4. The predicted octanol–water partition coefficient (Wildman–Crippen LogP) is 3.69. The molecule has 0 saturated carbocycles. The van der Waals surface area contributed by atoms with Gasteiger partial charge in [-0.1, -0.05) is 30.5 Å². The summed E-state index contributed by atoms with van der Waals surface area (Å²) in [6.07, 6.45) is 3.68. The number of aliphatic imine (C=N–C) groups is 1. The number of amidine groups is 1. The molecular weight excluding hydrogens is 482 g/mol. The summed E-state index contributed by atoms with van der Waals surface area (Å²) in [6, 6.07) is 4.93. The molecule has 1 saturated heterocycles. The Balaban J connectivity index is 1.65. The lowest BCUT2D eigenvalue weighted by Crippen LogP contribution is -2.38. The number of esters is 1. The molecule has 3 aliphatic rings. The molecule has 4 rings (SSSR count). The quantitative estimate of drug-likeness (QED) is 0.374. The zero-order valence-electron chi connectivity index (χ0n) is 20.7. The van der Waals surface area contributed by atoms with Crippen molar-refractivity contribution in [3.05, 3.63) is 58.8 Å². The minimum atomic E-state index is -0.568. The summed E-state index contributed by atoms with van der Waals surface area (Å²) in [7, 11) is 3.13. The van der Waals surface area contributed by atoms with Crippen molar-refractivity contribution >= 4 is 28.8 Å². The maximum atomic E-state index is 13.2. The topological polar surface area (TPSA) is 98.7 Å². The van der Waals surface area contributed by atoms with Crippen LogP contribution in [-0.2, 0) is 19.1 Å². The summed E-state index contributed by atoms with van der Waals surface area (Å²) in [5.41, 5.74) is 2.46. The standard InChI is InChI=1S/C26H31N3O6S/c1-5-10-35-25(31)23-16(2)28-26-29(24(23)17-8-9-20(32-3)21(12-17)33-4)18(15-36-26)13-22(30)27-14-19-7-6-11-34-19/h5,8-9,12,15,19,24H,1,6-7,10-11,13-14H2,2-4H3,(H,27,30). The van der Waals surface area contributed by atoms with E-state index in [9.17, 15) is 9.59 Å². The van der Waals surface area contributed by atoms with Gasteiger partial charge in [0.25, 0.3) is 0 Å². The number of carbonyl (C=O) groups is 2. The van der Waals surface area contributed by atoms with Crippen LogP contribution in [0.3, 0.4) is 0 Å². The van der Waals surface area contributed by atoms with Gasteiger partial charge in [-0.15, -0.1) is 0 Å². The van der Waals surface area contributed by atoms with Gasteiger partial charge in [0.2, 0.25) is 5.91 Å². The Hall–Kier alpha value is -3.24. The minimum Gasteiger partial charge on any atom is -0.493 e. The van der Waals surface area contributed by atoms with Crippen molar-refractivity contribution in [2.45, 2.75) is 38.3 Å². The van der Waals surface area contributed by atoms with Crippen LogP contribution in [0.1, 0.15) is 37.8 Å². The molecule has 2 atom stereocenters. The van der Waals surface area contributed by atoms with Gasteiger partial charge >= 0.3 is 5.97 Å². The minimum absolute atomic E-state index is 0.0596. The lowest BCUT2D eigenvalue weighted by Gasteiger charge is -2.36. The molecule has 0 bridgehead atoms. The summed E-state index contributed by atoms with van der Waals surface area (Å²) in [5.74, 6) is 0.491. The molecule has 3 heterocycles. The van der Waals surface area contributed by atoms with E-state index in [1.54, 1.807) is 27.2 Å². The maximum absolute atomic E-state index is 13.2. The van der Waals surface area contributed by atoms with E-state index in [2.05, 4.69) is 16.9 Å². The lowest BCUT2D eigenvalue weighted by atomic mass is 9.93. The van der Waals surface area contributed by atoms with Gasteiger partial charge in [0, 0.05) is 18.8 Å². The van der Waals surface area contributed by atoms with Crippen LogP contribution in [0.4, 0.5) is 0 Å². The highest BCUT2D eigenvalue weighted by molar-refractivity contribution is 8.16. The van der Waals surface area contributed by atoms with Crippen molar-refractivity contribution in [3.63, 3.8) is 0 Å². The van der Waals surface area contributed by atoms with Crippen LogP contribution in [0.5, 0.6) is 11.5 Å². The van der Waals surface area contributed by atoms with Crippen LogP contribution in [0.15, 0.2) is 58.2 Å². The molecule has 0 spiro atoms. The summed E-state index contributed by atoms with van der Waals surface area (Å²) in [5, 5.41) is 5.57. The molecule has 1 aromatic rings. The molecule has 0 aliphatic carbocycles.